The van der Waals surface area contributed by atoms with E-state index in [1.54, 1.807) is 0 Å². The van der Waals surface area contributed by atoms with Crippen LogP contribution in [0.1, 0.15) is 17.0 Å². The van der Waals surface area contributed by atoms with Crippen LogP contribution < -0.4 is 5.32 Å². The Kier molecular flexibility index (Phi) is 3.96. The van der Waals surface area contributed by atoms with Gasteiger partial charge in [0.25, 0.3) is 0 Å². The molecular weight excluding hydrogens is 306 g/mol. The molecule has 0 unspecified atom stereocenters. The lowest BCUT2D eigenvalue weighted by molar-refractivity contribution is 0.113. The number of hydrogen-bond acceptors (Lipinski definition) is 4. The molecule has 2 aromatic carbocycles. The van der Waals surface area contributed by atoms with E-state index in [2.05, 4.69) is 29.6 Å². The van der Waals surface area contributed by atoms with Crippen LogP contribution in [0.5, 0.6) is 0 Å². The van der Waals surface area contributed by atoms with Gasteiger partial charge in [-0.2, -0.15) is 0 Å². The average molecular weight is 325 g/mol. The number of alkyl carbamates (subject to hydrolysis) is 1. The van der Waals surface area contributed by atoms with E-state index >= 15 is 0 Å². The van der Waals surface area contributed by atoms with Crippen LogP contribution in [0.15, 0.2) is 48.5 Å². The minimum atomic E-state index is -0.675. The highest BCUT2D eigenvalue weighted by Crippen LogP contribution is 2.44. The van der Waals surface area contributed by atoms with Gasteiger partial charge in [-0.05, 0) is 22.3 Å². The fraction of sp³-hybridized carbons (Fsp3) is 0.316. The molecule has 2 N–H and O–H groups in total. The van der Waals surface area contributed by atoms with Crippen LogP contribution >= 0.6 is 0 Å². The summed E-state index contributed by atoms with van der Waals surface area (Å²) in [5, 5.41) is 12.3. The Hall–Kier alpha value is -2.37. The van der Waals surface area contributed by atoms with E-state index in [4.69, 9.17) is 9.47 Å². The normalized spacial score (nSPS) is 22.0. The second-order valence-corrected chi connectivity index (χ2v) is 6.18. The third-order valence-electron chi connectivity index (χ3n) is 4.70. The maximum absolute atomic E-state index is 12.0. The van der Waals surface area contributed by atoms with Crippen molar-refractivity contribution < 1.29 is 19.4 Å². The van der Waals surface area contributed by atoms with Crippen molar-refractivity contribution in [3.05, 3.63) is 59.7 Å². The van der Waals surface area contributed by atoms with Gasteiger partial charge in [-0.15, -0.1) is 0 Å². The highest BCUT2D eigenvalue weighted by Gasteiger charge is 2.31. The van der Waals surface area contributed by atoms with Crippen LogP contribution in [0.4, 0.5) is 4.79 Å². The van der Waals surface area contributed by atoms with Gasteiger partial charge < -0.3 is 19.9 Å². The summed E-state index contributed by atoms with van der Waals surface area (Å²) < 4.78 is 10.6. The van der Waals surface area contributed by atoms with Gasteiger partial charge in [-0.1, -0.05) is 48.5 Å². The summed E-state index contributed by atoms with van der Waals surface area (Å²) in [5.41, 5.74) is 4.75. The highest BCUT2D eigenvalue weighted by molar-refractivity contribution is 5.79. The Morgan fingerprint density at radius 2 is 1.71 bits per heavy atom. The van der Waals surface area contributed by atoms with Crippen molar-refractivity contribution in [3.8, 4) is 11.1 Å². The van der Waals surface area contributed by atoms with Crippen LogP contribution in [0.2, 0.25) is 0 Å². The maximum atomic E-state index is 12.0. The second kappa shape index (κ2) is 6.26. The number of ether oxygens (including phenoxy) is 2. The number of amides is 1. The molecule has 2 aliphatic rings. The maximum Gasteiger partial charge on any atom is 0.407 e. The molecule has 2 atom stereocenters. The third-order valence-corrected chi connectivity index (χ3v) is 4.70. The highest BCUT2D eigenvalue weighted by atomic mass is 16.6. The van der Waals surface area contributed by atoms with Gasteiger partial charge in [-0.3, -0.25) is 0 Å². The number of hydrogen-bond donors (Lipinski definition) is 2. The SMILES string of the molecule is O=C(N[C@@H]1COC[C@H]1O)OCC1c2ccccc2-c2ccccc21. The molecule has 0 aromatic heterocycles. The quantitative estimate of drug-likeness (QED) is 0.908. The molecule has 0 saturated carbocycles. The molecule has 0 bridgehead atoms. The predicted molar refractivity (Wildman–Crippen MR) is 88.8 cm³/mol. The monoisotopic (exact) mass is 325 g/mol. The van der Waals surface area contributed by atoms with Crippen molar-refractivity contribution in [1.29, 1.82) is 0 Å². The summed E-state index contributed by atoms with van der Waals surface area (Å²) in [6.45, 7) is 0.823. The van der Waals surface area contributed by atoms with Gasteiger partial charge in [-0.25, -0.2) is 4.79 Å². The van der Waals surface area contributed by atoms with E-state index in [1.807, 2.05) is 24.3 Å². The van der Waals surface area contributed by atoms with Crippen LogP contribution in [0.3, 0.4) is 0 Å². The third kappa shape index (κ3) is 2.66. The molecule has 1 amide bonds. The smallest absolute Gasteiger partial charge is 0.407 e. The Balaban J connectivity index is 1.47. The second-order valence-electron chi connectivity index (χ2n) is 6.18. The molecule has 0 radical (unpaired) electrons. The number of nitrogens with one attached hydrogen (secondary N) is 1. The summed E-state index contributed by atoms with van der Waals surface area (Å²) in [4.78, 5) is 12.0. The van der Waals surface area contributed by atoms with E-state index < -0.39 is 18.2 Å². The van der Waals surface area contributed by atoms with Crippen LogP contribution in [0.25, 0.3) is 11.1 Å². The molecule has 24 heavy (non-hydrogen) atoms. The average Bonchev–Trinajstić information content (AvgIpc) is 3.15. The minimum absolute atomic E-state index is 0.0351. The lowest BCUT2D eigenvalue weighted by Crippen LogP contribution is -2.43. The molecule has 2 aromatic rings. The molecule has 1 aliphatic heterocycles. The molecule has 124 valence electrons. The topological polar surface area (TPSA) is 67.8 Å². The van der Waals surface area contributed by atoms with Gasteiger partial charge in [0.1, 0.15) is 6.61 Å². The first-order valence-corrected chi connectivity index (χ1v) is 8.11. The number of carbonyl (C=O) groups is 1. The van der Waals surface area contributed by atoms with Crippen molar-refractivity contribution >= 4 is 6.09 Å². The number of aliphatic hydroxyl groups excluding tert-OH is 1. The molecular formula is C19H19NO4. The summed E-state index contributed by atoms with van der Waals surface area (Å²) in [6, 6.07) is 16.0. The van der Waals surface area contributed by atoms with Gasteiger partial charge in [0.2, 0.25) is 0 Å². The van der Waals surface area contributed by atoms with Gasteiger partial charge in [0.05, 0.1) is 25.4 Å². The summed E-state index contributed by atoms with van der Waals surface area (Å²) >= 11 is 0. The Labute approximate surface area is 140 Å². The Bertz CT molecular complexity index is 715. The minimum Gasteiger partial charge on any atom is -0.449 e. The van der Waals surface area contributed by atoms with E-state index in [9.17, 15) is 9.90 Å². The van der Waals surface area contributed by atoms with E-state index in [-0.39, 0.29) is 19.1 Å². The zero-order valence-corrected chi connectivity index (χ0v) is 13.1. The van der Waals surface area contributed by atoms with Crippen molar-refractivity contribution in [2.45, 2.75) is 18.1 Å². The fourth-order valence-corrected chi connectivity index (χ4v) is 3.47. The first-order chi connectivity index (χ1) is 11.7. The molecule has 1 aliphatic carbocycles. The molecule has 1 heterocycles. The molecule has 1 saturated heterocycles. The van der Waals surface area contributed by atoms with Crippen molar-refractivity contribution in [2.24, 2.45) is 0 Å². The molecule has 5 nitrogen and oxygen atoms in total. The number of aliphatic hydroxyl groups is 1. The predicted octanol–water partition coefficient (Wildman–Crippen LogP) is 2.28. The number of carbonyl (C=O) groups excluding carboxylic acids is 1. The lowest BCUT2D eigenvalue weighted by atomic mass is 9.98. The molecule has 5 heteroatoms. The van der Waals surface area contributed by atoms with Crippen LogP contribution in [0, 0.1) is 0 Å². The van der Waals surface area contributed by atoms with Crippen LogP contribution in [-0.4, -0.2) is 43.2 Å². The van der Waals surface area contributed by atoms with E-state index in [1.165, 1.54) is 22.3 Å². The standard InChI is InChI=1S/C19H19NO4/c21-18-11-23-10-17(18)20-19(22)24-9-16-14-7-3-1-5-12(14)13-6-2-4-8-15(13)16/h1-8,16-18,21H,9-11H2,(H,20,22)/t17-,18-/m1/s1. The molecule has 1 fully saturated rings. The van der Waals surface area contributed by atoms with Gasteiger partial charge in [0.15, 0.2) is 0 Å². The summed E-state index contributed by atoms with van der Waals surface area (Å²) in [7, 11) is 0. The number of rotatable bonds is 3. The van der Waals surface area contributed by atoms with Gasteiger partial charge >= 0.3 is 6.09 Å². The van der Waals surface area contributed by atoms with Gasteiger partial charge in [0, 0.05) is 5.92 Å². The van der Waals surface area contributed by atoms with E-state index in [0.29, 0.717) is 6.61 Å². The van der Waals surface area contributed by atoms with Crippen molar-refractivity contribution in [1.82, 2.24) is 5.32 Å². The Morgan fingerprint density at radius 1 is 1.08 bits per heavy atom. The zero-order chi connectivity index (χ0) is 16.5. The Morgan fingerprint density at radius 3 is 2.29 bits per heavy atom. The largest absolute Gasteiger partial charge is 0.449 e. The van der Waals surface area contributed by atoms with E-state index in [0.717, 1.165) is 0 Å². The van der Waals surface area contributed by atoms with Crippen LogP contribution in [-0.2, 0) is 9.47 Å². The molecule has 0 spiro atoms. The first kappa shape index (κ1) is 15.2. The summed E-state index contributed by atoms with van der Waals surface area (Å²) in [5.74, 6) is 0.0351. The fourth-order valence-electron chi connectivity index (χ4n) is 3.47. The first-order valence-electron chi connectivity index (χ1n) is 8.11. The lowest BCUT2D eigenvalue weighted by Gasteiger charge is -2.17. The number of fused-ring (bicyclic) bond motifs is 3. The van der Waals surface area contributed by atoms with Crippen molar-refractivity contribution in [3.63, 3.8) is 0 Å². The molecule has 4 rings (SSSR count). The van der Waals surface area contributed by atoms with Crippen molar-refractivity contribution in [2.75, 3.05) is 19.8 Å². The number of benzene rings is 2. The summed E-state index contributed by atoms with van der Waals surface area (Å²) in [6.07, 6.45) is -1.20. The zero-order valence-electron chi connectivity index (χ0n) is 13.1.